The van der Waals surface area contributed by atoms with Crippen LogP contribution in [0, 0.1) is 17.2 Å². The van der Waals surface area contributed by atoms with E-state index in [-0.39, 0.29) is 18.0 Å². The summed E-state index contributed by atoms with van der Waals surface area (Å²) in [5.41, 5.74) is 2.53. The molecule has 4 N–H and O–H groups in total. The van der Waals surface area contributed by atoms with Crippen molar-refractivity contribution in [2.24, 2.45) is 5.92 Å². The van der Waals surface area contributed by atoms with E-state index in [0.717, 1.165) is 36.8 Å². The van der Waals surface area contributed by atoms with Gasteiger partial charge in [-0.2, -0.15) is 5.26 Å². The molecule has 1 aromatic heterocycles. The normalized spacial score (nSPS) is 27.4. The van der Waals surface area contributed by atoms with E-state index >= 15 is 0 Å². The maximum atomic E-state index is 12.4. The van der Waals surface area contributed by atoms with Crippen LogP contribution in [0.3, 0.4) is 0 Å². The van der Waals surface area contributed by atoms with E-state index in [9.17, 15) is 15.2 Å². The molecule has 2 aromatic rings. The third-order valence-corrected chi connectivity index (χ3v) is 5.70. The first-order valence-electron chi connectivity index (χ1n) is 9.83. The number of rotatable bonds is 4. The molecule has 28 heavy (non-hydrogen) atoms. The lowest BCUT2D eigenvalue weighted by atomic mass is 9.88. The SMILES string of the molecule is N#Cc1ccc(C[C@@H]2CNC[C@H](NC(=O)[C@@H]3C[C@@H](O)CN3)C2)c2cccnc12. The van der Waals surface area contributed by atoms with Gasteiger partial charge in [0.15, 0.2) is 0 Å². The molecule has 7 heteroatoms. The summed E-state index contributed by atoms with van der Waals surface area (Å²) in [6.45, 7) is 2.13. The first-order chi connectivity index (χ1) is 13.6. The van der Waals surface area contributed by atoms with Crippen molar-refractivity contribution in [2.45, 2.75) is 37.5 Å². The number of nitriles is 1. The van der Waals surface area contributed by atoms with E-state index in [1.807, 2.05) is 24.3 Å². The van der Waals surface area contributed by atoms with E-state index in [0.29, 0.717) is 24.4 Å². The first kappa shape index (κ1) is 18.8. The molecule has 7 nitrogen and oxygen atoms in total. The largest absolute Gasteiger partial charge is 0.392 e. The number of hydrogen-bond donors (Lipinski definition) is 4. The zero-order chi connectivity index (χ0) is 19.5. The van der Waals surface area contributed by atoms with Gasteiger partial charge in [0.05, 0.1) is 23.2 Å². The van der Waals surface area contributed by atoms with Gasteiger partial charge in [-0.05, 0) is 49.4 Å². The fourth-order valence-corrected chi connectivity index (χ4v) is 4.33. The summed E-state index contributed by atoms with van der Waals surface area (Å²) in [6.07, 6.45) is 3.52. The van der Waals surface area contributed by atoms with Crippen LogP contribution in [-0.2, 0) is 11.2 Å². The molecule has 0 aliphatic carbocycles. The highest BCUT2D eigenvalue weighted by Gasteiger charge is 2.31. The quantitative estimate of drug-likeness (QED) is 0.615. The molecular weight excluding hydrogens is 354 g/mol. The number of nitrogens with one attached hydrogen (secondary N) is 3. The van der Waals surface area contributed by atoms with Crippen LogP contribution in [0.2, 0.25) is 0 Å². The maximum absolute atomic E-state index is 12.4. The number of β-amino-alcohol motifs (C(OH)–C–C–N with tert-alkyl or cyclic N) is 1. The summed E-state index contributed by atoms with van der Waals surface area (Å²) in [7, 11) is 0. The van der Waals surface area contributed by atoms with Gasteiger partial charge >= 0.3 is 0 Å². The first-order valence-corrected chi connectivity index (χ1v) is 9.83. The predicted octanol–water partition coefficient (Wildman–Crippen LogP) is 0.466. The zero-order valence-corrected chi connectivity index (χ0v) is 15.7. The second kappa shape index (κ2) is 8.23. The summed E-state index contributed by atoms with van der Waals surface area (Å²) in [6, 6.07) is 9.78. The number of hydrogen-bond acceptors (Lipinski definition) is 6. The Balaban J connectivity index is 1.42. The van der Waals surface area contributed by atoms with Crippen LogP contribution in [0.25, 0.3) is 10.9 Å². The second-order valence-electron chi connectivity index (χ2n) is 7.80. The number of amides is 1. The Morgan fingerprint density at radius 2 is 2.18 bits per heavy atom. The van der Waals surface area contributed by atoms with Gasteiger partial charge in [-0.15, -0.1) is 0 Å². The lowest BCUT2D eigenvalue weighted by molar-refractivity contribution is -0.123. The van der Waals surface area contributed by atoms with Gasteiger partial charge < -0.3 is 21.1 Å². The lowest BCUT2D eigenvalue weighted by Gasteiger charge is -2.31. The summed E-state index contributed by atoms with van der Waals surface area (Å²) in [5, 5.41) is 29.6. The molecular formula is C21H25N5O2. The summed E-state index contributed by atoms with van der Waals surface area (Å²) in [5.74, 6) is 0.356. The van der Waals surface area contributed by atoms with E-state index in [4.69, 9.17) is 0 Å². The number of carbonyl (C=O) groups excluding carboxylic acids is 1. The van der Waals surface area contributed by atoms with Gasteiger partial charge in [0, 0.05) is 30.7 Å². The number of aliphatic hydroxyl groups excluding tert-OH is 1. The molecule has 0 radical (unpaired) electrons. The number of fused-ring (bicyclic) bond motifs is 1. The van der Waals surface area contributed by atoms with Crippen molar-refractivity contribution in [1.82, 2.24) is 20.9 Å². The number of aromatic nitrogens is 1. The van der Waals surface area contributed by atoms with Gasteiger partial charge in [-0.25, -0.2) is 0 Å². The summed E-state index contributed by atoms with van der Waals surface area (Å²) in [4.78, 5) is 16.8. The number of pyridine rings is 1. The number of aliphatic hydroxyl groups is 1. The Kier molecular flexibility index (Phi) is 5.53. The van der Waals surface area contributed by atoms with Crippen molar-refractivity contribution >= 4 is 16.8 Å². The Bertz CT molecular complexity index is 909. The summed E-state index contributed by atoms with van der Waals surface area (Å²) < 4.78 is 0. The van der Waals surface area contributed by atoms with E-state index in [1.54, 1.807) is 6.20 Å². The molecule has 2 saturated heterocycles. The molecule has 146 valence electrons. The zero-order valence-electron chi connectivity index (χ0n) is 15.7. The topological polar surface area (TPSA) is 110 Å². The second-order valence-corrected chi connectivity index (χ2v) is 7.80. The van der Waals surface area contributed by atoms with Crippen LogP contribution in [0.1, 0.15) is 24.0 Å². The fourth-order valence-electron chi connectivity index (χ4n) is 4.33. The van der Waals surface area contributed by atoms with Crippen molar-refractivity contribution in [3.8, 4) is 6.07 Å². The average Bonchev–Trinajstić information content (AvgIpc) is 3.15. The van der Waals surface area contributed by atoms with Crippen molar-refractivity contribution in [3.63, 3.8) is 0 Å². The molecule has 0 bridgehead atoms. The van der Waals surface area contributed by atoms with Crippen LogP contribution in [-0.4, -0.2) is 53.8 Å². The minimum absolute atomic E-state index is 0.0305. The maximum Gasteiger partial charge on any atom is 0.237 e. The van der Waals surface area contributed by atoms with E-state index < -0.39 is 6.10 Å². The highest BCUT2D eigenvalue weighted by atomic mass is 16.3. The average molecular weight is 379 g/mol. The molecule has 0 saturated carbocycles. The minimum Gasteiger partial charge on any atom is -0.392 e. The molecule has 1 aromatic carbocycles. The van der Waals surface area contributed by atoms with Crippen molar-refractivity contribution in [2.75, 3.05) is 19.6 Å². The molecule has 0 spiro atoms. The van der Waals surface area contributed by atoms with Crippen molar-refractivity contribution < 1.29 is 9.90 Å². The molecule has 4 rings (SSSR count). The summed E-state index contributed by atoms with van der Waals surface area (Å²) >= 11 is 0. The van der Waals surface area contributed by atoms with Crippen LogP contribution in [0.15, 0.2) is 30.5 Å². The molecule has 0 unspecified atom stereocenters. The van der Waals surface area contributed by atoms with Gasteiger partial charge in [0.1, 0.15) is 6.07 Å². The van der Waals surface area contributed by atoms with Crippen molar-refractivity contribution in [3.05, 3.63) is 41.6 Å². The third-order valence-electron chi connectivity index (χ3n) is 5.70. The lowest BCUT2D eigenvalue weighted by Crippen LogP contribution is -2.52. The van der Waals surface area contributed by atoms with Crippen LogP contribution < -0.4 is 16.0 Å². The molecule has 4 atom stereocenters. The molecule has 2 aliphatic rings. The third kappa shape index (κ3) is 3.99. The highest BCUT2D eigenvalue weighted by Crippen LogP contribution is 2.25. The van der Waals surface area contributed by atoms with E-state index in [2.05, 4.69) is 27.0 Å². The van der Waals surface area contributed by atoms with Crippen molar-refractivity contribution in [1.29, 1.82) is 5.26 Å². The van der Waals surface area contributed by atoms with Crippen LogP contribution in [0.5, 0.6) is 0 Å². The monoisotopic (exact) mass is 379 g/mol. The molecule has 1 amide bonds. The van der Waals surface area contributed by atoms with E-state index in [1.165, 1.54) is 5.56 Å². The fraction of sp³-hybridized carbons (Fsp3) is 0.476. The number of benzene rings is 1. The van der Waals surface area contributed by atoms with Gasteiger partial charge in [0.25, 0.3) is 0 Å². The highest BCUT2D eigenvalue weighted by molar-refractivity contribution is 5.87. The minimum atomic E-state index is -0.439. The number of piperidine rings is 1. The number of nitrogens with zero attached hydrogens (tertiary/aromatic N) is 2. The number of carbonyl (C=O) groups is 1. The smallest absolute Gasteiger partial charge is 0.237 e. The van der Waals surface area contributed by atoms with Crippen LogP contribution in [0.4, 0.5) is 0 Å². The van der Waals surface area contributed by atoms with Gasteiger partial charge in [0.2, 0.25) is 5.91 Å². The standard InChI is InChI=1S/C21H25N5O2/c22-9-15-4-3-14(18-2-1-5-24-20(15)18)6-13-7-16(11-23-10-13)26-21(28)19-8-17(27)12-25-19/h1-5,13,16-17,19,23,25,27H,6-8,10-12H2,(H,26,28)/t13-,16+,17+,19-/m0/s1. The van der Waals surface area contributed by atoms with Crippen LogP contribution >= 0.6 is 0 Å². The molecule has 2 aliphatic heterocycles. The predicted molar refractivity (Wildman–Crippen MR) is 105 cm³/mol. The molecule has 2 fully saturated rings. The Morgan fingerprint density at radius 1 is 1.29 bits per heavy atom. The Morgan fingerprint density at radius 3 is 2.96 bits per heavy atom. The van der Waals surface area contributed by atoms with Gasteiger partial charge in [-0.1, -0.05) is 12.1 Å². The Labute approximate surface area is 164 Å². The van der Waals surface area contributed by atoms with Gasteiger partial charge in [-0.3, -0.25) is 9.78 Å². The molecule has 3 heterocycles. The Hall–Kier alpha value is -2.53.